The largest absolute Gasteiger partial charge is 0.447 e. The number of aromatic nitrogens is 4. The van der Waals surface area contributed by atoms with Gasteiger partial charge in [-0.05, 0) is 26.3 Å². The molecule has 0 spiro atoms. The van der Waals surface area contributed by atoms with E-state index in [0.717, 1.165) is 12.8 Å². The molecule has 13 heteroatoms. The van der Waals surface area contributed by atoms with Gasteiger partial charge in [-0.1, -0.05) is 6.92 Å². The van der Waals surface area contributed by atoms with Gasteiger partial charge in [-0.3, -0.25) is 0 Å². The summed E-state index contributed by atoms with van der Waals surface area (Å²) in [6.07, 6.45) is 1.79. The minimum Gasteiger partial charge on any atom is -0.447 e. The molecule has 4 N–H and O–H groups in total. The standard InChI is InChI=1S/C21H24BF3N6O3/c1-3-11(23)14(8-26-2)28-20-13(25)6-12(24)19(29-20)15-9-27-17-7-16(34-21(22,32)33)18(10-4-5-10)30-31(15)17/h6-7,9-11,14,26,32-33H,3-5,8H2,1-2H3,(H,28,29). The molecule has 2 radical (unpaired) electrons. The molecule has 0 saturated heterocycles. The molecule has 34 heavy (non-hydrogen) atoms. The number of halogens is 3. The second-order valence-corrected chi connectivity index (χ2v) is 8.22. The highest BCUT2D eigenvalue weighted by atomic mass is 19.1. The normalized spacial score (nSPS) is 16.0. The number of nitrogens with one attached hydrogen (secondary N) is 2. The van der Waals surface area contributed by atoms with E-state index < -0.39 is 29.7 Å². The van der Waals surface area contributed by atoms with Gasteiger partial charge in [-0.25, -0.2) is 27.7 Å². The van der Waals surface area contributed by atoms with E-state index in [9.17, 15) is 23.4 Å². The first-order valence-corrected chi connectivity index (χ1v) is 10.8. The molecule has 3 aromatic rings. The van der Waals surface area contributed by atoms with E-state index in [1.54, 1.807) is 14.0 Å². The molecule has 3 heterocycles. The van der Waals surface area contributed by atoms with Crippen LogP contribution in [-0.2, 0) is 0 Å². The molecule has 0 bridgehead atoms. The van der Waals surface area contributed by atoms with Crippen LogP contribution >= 0.6 is 0 Å². The van der Waals surface area contributed by atoms with Crippen LogP contribution in [0.25, 0.3) is 17.0 Å². The Balaban J connectivity index is 1.77. The number of imidazole rings is 1. The Kier molecular flexibility index (Phi) is 6.70. The van der Waals surface area contributed by atoms with Crippen LogP contribution in [0.5, 0.6) is 5.75 Å². The minimum atomic E-state index is -2.92. The summed E-state index contributed by atoms with van der Waals surface area (Å²) in [6, 6.07) is 1.26. The summed E-state index contributed by atoms with van der Waals surface area (Å²) in [7, 11) is 6.78. The smallest absolute Gasteiger partial charge is 0.259 e. The van der Waals surface area contributed by atoms with Crippen LogP contribution in [0, 0.1) is 11.6 Å². The molecular formula is C21H24BF3N6O3. The third-order valence-electron chi connectivity index (χ3n) is 5.45. The van der Waals surface area contributed by atoms with Crippen LogP contribution in [0.15, 0.2) is 18.3 Å². The first-order valence-electron chi connectivity index (χ1n) is 10.8. The summed E-state index contributed by atoms with van der Waals surface area (Å²) in [5, 5.41) is 28.9. The highest BCUT2D eigenvalue weighted by Gasteiger charge is 2.32. The lowest BCUT2D eigenvalue weighted by Gasteiger charge is -2.22. The lowest BCUT2D eigenvalue weighted by atomic mass is 10.1. The molecule has 0 aromatic carbocycles. The van der Waals surface area contributed by atoms with Gasteiger partial charge in [0, 0.05) is 24.6 Å². The molecule has 1 aliphatic rings. The number of hydrogen-bond acceptors (Lipinski definition) is 8. The monoisotopic (exact) mass is 476 g/mol. The number of alkyl halides is 1. The van der Waals surface area contributed by atoms with Crippen molar-refractivity contribution in [2.75, 3.05) is 18.9 Å². The van der Waals surface area contributed by atoms with Crippen molar-refractivity contribution < 1.29 is 28.1 Å². The zero-order chi connectivity index (χ0) is 24.6. The zero-order valence-electron chi connectivity index (χ0n) is 18.6. The molecule has 0 aliphatic heterocycles. The van der Waals surface area contributed by atoms with Gasteiger partial charge < -0.3 is 25.6 Å². The summed E-state index contributed by atoms with van der Waals surface area (Å²) in [5.74, 6) is -5.13. The van der Waals surface area contributed by atoms with Crippen LogP contribution in [0.1, 0.15) is 37.8 Å². The highest BCUT2D eigenvalue weighted by Crippen LogP contribution is 2.44. The maximum atomic E-state index is 14.8. The molecule has 1 aliphatic carbocycles. The number of hydrogen-bond donors (Lipinski definition) is 4. The summed E-state index contributed by atoms with van der Waals surface area (Å²) in [4.78, 5) is 8.24. The maximum absolute atomic E-state index is 14.8. The molecule has 3 aromatic heterocycles. The predicted octanol–water partition coefficient (Wildman–Crippen LogP) is 1.84. The van der Waals surface area contributed by atoms with Crippen LogP contribution in [-0.4, -0.2) is 69.3 Å². The fourth-order valence-electron chi connectivity index (χ4n) is 3.65. The molecule has 4 rings (SSSR count). The second-order valence-electron chi connectivity index (χ2n) is 8.22. The van der Waals surface area contributed by atoms with E-state index in [-0.39, 0.29) is 47.5 Å². The Hall–Kier alpha value is -2.90. The third-order valence-corrected chi connectivity index (χ3v) is 5.45. The molecule has 1 saturated carbocycles. The molecule has 1 fully saturated rings. The fraction of sp³-hybridized carbons (Fsp3) is 0.476. The number of rotatable bonds is 10. The van der Waals surface area contributed by atoms with Gasteiger partial charge in [-0.2, -0.15) is 5.10 Å². The minimum absolute atomic E-state index is 0.0157. The Morgan fingerprint density at radius 3 is 2.65 bits per heavy atom. The van der Waals surface area contributed by atoms with E-state index in [1.807, 2.05) is 0 Å². The van der Waals surface area contributed by atoms with Crippen molar-refractivity contribution >= 4 is 19.3 Å². The average Bonchev–Trinajstić information content (AvgIpc) is 3.53. The average molecular weight is 476 g/mol. The lowest BCUT2D eigenvalue weighted by molar-refractivity contribution is -0.224. The molecule has 180 valence electrons. The second kappa shape index (κ2) is 9.39. The number of nitrogens with zero attached hydrogens (tertiary/aromatic N) is 4. The number of pyridine rings is 1. The van der Waals surface area contributed by atoms with Crippen molar-refractivity contribution in [1.29, 1.82) is 0 Å². The number of ether oxygens (including phenoxy) is 1. The predicted molar refractivity (Wildman–Crippen MR) is 118 cm³/mol. The van der Waals surface area contributed by atoms with Crippen LogP contribution in [0.3, 0.4) is 0 Å². The van der Waals surface area contributed by atoms with Crippen molar-refractivity contribution in [3.8, 4) is 17.1 Å². The van der Waals surface area contributed by atoms with Crippen molar-refractivity contribution in [1.82, 2.24) is 24.9 Å². The van der Waals surface area contributed by atoms with Gasteiger partial charge >= 0.3 is 0 Å². The Labute approximate surface area is 194 Å². The van der Waals surface area contributed by atoms with Gasteiger partial charge in [0.1, 0.15) is 23.3 Å². The van der Waals surface area contributed by atoms with E-state index in [0.29, 0.717) is 11.8 Å². The third kappa shape index (κ3) is 5.11. The SMILES string of the molecule is [B]C(O)(O)Oc1cc2ncc(-c3nc(NC(CNC)C(F)CC)c(F)cc3F)n2nc1C1CC1. The lowest BCUT2D eigenvalue weighted by Crippen LogP contribution is -2.39. The Morgan fingerprint density at radius 1 is 1.29 bits per heavy atom. The Bertz CT molecular complexity index is 1180. The molecule has 0 amide bonds. The van der Waals surface area contributed by atoms with Crippen molar-refractivity contribution in [3.63, 3.8) is 0 Å². The molecule has 2 unspecified atom stereocenters. The molecular weight excluding hydrogens is 452 g/mol. The first-order chi connectivity index (χ1) is 16.1. The number of anilines is 1. The van der Waals surface area contributed by atoms with Crippen molar-refractivity contribution in [2.45, 2.75) is 50.2 Å². The van der Waals surface area contributed by atoms with E-state index in [2.05, 4.69) is 25.7 Å². The Morgan fingerprint density at radius 2 is 2.03 bits per heavy atom. The van der Waals surface area contributed by atoms with Gasteiger partial charge in [0.2, 0.25) is 7.85 Å². The summed E-state index contributed by atoms with van der Waals surface area (Å²) >= 11 is 0. The van der Waals surface area contributed by atoms with Gasteiger partial charge in [-0.15, -0.1) is 0 Å². The van der Waals surface area contributed by atoms with Gasteiger partial charge in [0.25, 0.3) is 5.87 Å². The topological polar surface area (TPSA) is 117 Å². The van der Waals surface area contributed by atoms with Gasteiger partial charge in [0.05, 0.1) is 12.2 Å². The van der Waals surface area contributed by atoms with Gasteiger partial charge in [0.15, 0.2) is 28.8 Å². The number of fused-ring (bicyclic) bond motifs is 1. The quantitative estimate of drug-likeness (QED) is 0.259. The van der Waals surface area contributed by atoms with E-state index in [4.69, 9.17) is 12.6 Å². The number of aliphatic hydroxyl groups is 2. The molecule has 9 nitrogen and oxygen atoms in total. The summed E-state index contributed by atoms with van der Waals surface area (Å²) in [6.45, 7) is 1.86. The zero-order valence-corrected chi connectivity index (χ0v) is 18.6. The first kappa shape index (κ1) is 24.2. The van der Waals surface area contributed by atoms with Crippen LogP contribution < -0.4 is 15.4 Å². The van der Waals surface area contributed by atoms with Crippen molar-refractivity contribution in [2.24, 2.45) is 0 Å². The number of likely N-dealkylation sites (N-methyl/N-ethyl adjacent to an activating group) is 1. The maximum Gasteiger partial charge on any atom is 0.259 e. The van der Waals surface area contributed by atoms with Crippen molar-refractivity contribution in [3.05, 3.63) is 35.7 Å². The fourth-order valence-corrected chi connectivity index (χ4v) is 3.65. The summed E-state index contributed by atoms with van der Waals surface area (Å²) in [5.41, 5.74) is 0.435. The van der Waals surface area contributed by atoms with Crippen LogP contribution in [0.4, 0.5) is 19.0 Å². The van der Waals surface area contributed by atoms with Crippen LogP contribution in [0.2, 0.25) is 0 Å². The molecule has 2 atom stereocenters. The van der Waals surface area contributed by atoms with E-state index in [1.165, 1.54) is 16.8 Å². The summed E-state index contributed by atoms with van der Waals surface area (Å²) < 4.78 is 50.0. The highest BCUT2D eigenvalue weighted by molar-refractivity contribution is 6.12. The van der Waals surface area contributed by atoms with E-state index >= 15 is 0 Å².